The number of hydrogen-bond acceptors (Lipinski definition) is 4. The van der Waals surface area contributed by atoms with Crippen molar-refractivity contribution < 1.29 is 14.6 Å². The van der Waals surface area contributed by atoms with Gasteiger partial charge in [0, 0.05) is 5.56 Å². The molecule has 2 N–H and O–H groups in total. The van der Waals surface area contributed by atoms with E-state index in [0.717, 1.165) is 5.56 Å². The van der Waals surface area contributed by atoms with Gasteiger partial charge in [-0.1, -0.05) is 42.5 Å². The molecular formula is C12H15NO3S. The number of carbonyl (C=O) groups is 1. The summed E-state index contributed by atoms with van der Waals surface area (Å²) in [6.45, 7) is 1.50. The van der Waals surface area contributed by atoms with Gasteiger partial charge in [0.15, 0.2) is 6.04 Å². The molecule has 0 fully saturated rings. The number of esters is 1. The number of methoxy groups -OCH3 is 1. The Hall–Kier alpha value is -1.46. The van der Waals surface area contributed by atoms with E-state index in [0.29, 0.717) is 4.99 Å². The Morgan fingerprint density at radius 2 is 2.00 bits per heavy atom. The fourth-order valence-electron chi connectivity index (χ4n) is 1.32. The zero-order chi connectivity index (χ0) is 12.8. The summed E-state index contributed by atoms with van der Waals surface area (Å²) in [5.74, 6) is -0.543. The summed E-state index contributed by atoms with van der Waals surface area (Å²) in [6.07, 6.45) is -0.885. The first-order valence-electron chi connectivity index (χ1n) is 5.18. The van der Waals surface area contributed by atoms with Crippen molar-refractivity contribution in [3.8, 4) is 0 Å². The fraction of sp³-hybridized carbons (Fsp3) is 0.333. The Balaban J connectivity index is 2.75. The van der Waals surface area contributed by atoms with Crippen LogP contribution in [0.15, 0.2) is 30.3 Å². The summed E-state index contributed by atoms with van der Waals surface area (Å²) in [7, 11) is 1.27. The molecule has 0 aliphatic carbocycles. The molecule has 5 heteroatoms. The second-order valence-electron chi connectivity index (χ2n) is 3.58. The van der Waals surface area contributed by atoms with Crippen LogP contribution in [0.1, 0.15) is 12.5 Å². The number of nitrogens with one attached hydrogen (secondary N) is 1. The van der Waals surface area contributed by atoms with Crippen LogP contribution in [0, 0.1) is 0 Å². The van der Waals surface area contributed by atoms with Crippen molar-refractivity contribution in [2.75, 3.05) is 7.11 Å². The van der Waals surface area contributed by atoms with Gasteiger partial charge in [-0.3, -0.25) is 0 Å². The smallest absolute Gasteiger partial charge is 0.331 e. The minimum absolute atomic E-state index is 0.405. The zero-order valence-electron chi connectivity index (χ0n) is 9.71. The van der Waals surface area contributed by atoms with Crippen LogP contribution < -0.4 is 5.32 Å². The van der Waals surface area contributed by atoms with Crippen molar-refractivity contribution >= 4 is 23.2 Å². The third-order valence-corrected chi connectivity index (χ3v) is 2.61. The van der Waals surface area contributed by atoms with Gasteiger partial charge in [-0.15, -0.1) is 0 Å². The van der Waals surface area contributed by atoms with E-state index in [4.69, 9.17) is 12.2 Å². The zero-order valence-corrected chi connectivity index (χ0v) is 10.5. The molecule has 0 heterocycles. The highest BCUT2D eigenvalue weighted by molar-refractivity contribution is 7.80. The number of hydrogen-bond donors (Lipinski definition) is 2. The predicted octanol–water partition coefficient (Wildman–Crippen LogP) is 0.874. The SMILES string of the molecule is COC(=O)[C@@H](NC(=S)c1ccccc1)[C@@H](C)O. The van der Waals surface area contributed by atoms with Crippen LogP contribution in [-0.2, 0) is 9.53 Å². The van der Waals surface area contributed by atoms with Gasteiger partial charge in [0.1, 0.15) is 4.99 Å². The number of ether oxygens (including phenoxy) is 1. The van der Waals surface area contributed by atoms with Gasteiger partial charge >= 0.3 is 5.97 Å². The second-order valence-corrected chi connectivity index (χ2v) is 3.99. The average molecular weight is 253 g/mol. The molecule has 1 rings (SSSR count). The molecule has 0 amide bonds. The maximum Gasteiger partial charge on any atom is 0.331 e. The van der Waals surface area contributed by atoms with E-state index in [2.05, 4.69) is 10.1 Å². The predicted molar refractivity (Wildman–Crippen MR) is 68.8 cm³/mol. The van der Waals surface area contributed by atoms with Crippen LogP contribution in [-0.4, -0.2) is 35.3 Å². The molecule has 0 aliphatic heterocycles. The van der Waals surface area contributed by atoms with Crippen molar-refractivity contribution in [3.05, 3.63) is 35.9 Å². The Morgan fingerprint density at radius 3 is 2.47 bits per heavy atom. The lowest BCUT2D eigenvalue weighted by molar-refractivity contribution is -0.145. The van der Waals surface area contributed by atoms with E-state index in [9.17, 15) is 9.90 Å². The van der Waals surface area contributed by atoms with E-state index >= 15 is 0 Å². The van der Waals surface area contributed by atoms with Gasteiger partial charge in [0.25, 0.3) is 0 Å². The van der Waals surface area contributed by atoms with Gasteiger partial charge in [-0.05, 0) is 6.92 Å². The Morgan fingerprint density at radius 1 is 1.41 bits per heavy atom. The van der Waals surface area contributed by atoms with Gasteiger partial charge in [0.05, 0.1) is 13.2 Å². The molecule has 0 unspecified atom stereocenters. The number of rotatable bonds is 4. The van der Waals surface area contributed by atoms with Crippen LogP contribution in [0.5, 0.6) is 0 Å². The number of aliphatic hydroxyl groups excluding tert-OH is 1. The number of carbonyl (C=O) groups excluding carboxylic acids is 1. The highest BCUT2D eigenvalue weighted by Gasteiger charge is 2.25. The molecule has 1 aromatic rings. The summed E-state index contributed by atoms with van der Waals surface area (Å²) in [4.78, 5) is 11.8. The van der Waals surface area contributed by atoms with Gasteiger partial charge in [-0.25, -0.2) is 4.79 Å². The summed E-state index contributed by atoms with van der Waals surface area (Å²) in [6, 6.07) is 8.36. The lowest BCUT2D eigenvalue weighted by Gasteiger charge is -2.20. The fourth-order valence-corrected chi connectivity index (χ4v) is 1.58. The minimum atomic E-state index is -0.885. The first kappa shape index (κ1) is 13.6. The summed E-state index contributed by atoms with van der Waals surface area (Å²) < 4.78 is 4.59. The summed E-state index contributed by atoms with van der Waals surface area (Å²) >= 11 is 5.15. The molecule has 0 saturated heterocycles. The largest absolute Gasteiger partial charge is 0.467 e. The Kier molecular flexibility index (Phi) is 5.06. The van der Waals surface area contributed by atoms with Crippen LogP contribution in [0.3, 0.4) is 0 Å². The third-order valence-electron chi connectivity index (χ3n) is 2.26. The first-order valence-corrected chi connectivity index (χ1v) is 5.59. The number of thiocarbonyl (C=S) groups is 1. The molecule has 0 spiro atoms. The molecule has 2 atom stereocenters. The van der Waals surface area contributed by atoms with Crippen LogP contribution in [0.4, 0.5) is 0 Å². The third kappa shape index (κ3) is 3.80. The first-order chi connectivity index (χ1) is 8.06. The monoisotopic (exact) mass is 253 g/mol. The molecule has 1 aromatic carbocycles. The maximum absolute atomic E-state index is 11.4. The van der Waals surface area contributed by atoms with Gasteiger partial charge in [0.2, 0.25) is 0 Å². The van der Waals surface area contributed by atoms with Gasteiger partial charge < -0.3 is 15.2 Å². The normalized spacial score (nSPS) is 13.6. The molecule has 17 heavy (non-hydrogen) atoms. The maximum atomic E-state index is 11.4. The van der Waals surface area contributed by atoms with Crippen molar-refractivity contribution in [1.29, 1.82) is 0 Å². The van der Waals surface area contributed by atoms with E-state index in [-0.39, 0.29) is 0 Å². The summed E-state index contributed by atoms with van der Waals surface area (Å²) in [5, 5.41) is 12.3. The van der Waals surface area contributed by atoms with E-state index in [1.54, 1.807) is 0 Å². The number of aliphatic hydroxyl groups is 1. The lowest BCUT2D eigenvalue weighted by Crippen LogP contribution is -2.47. The Bertz CT molecular complexity index is 392. The Labute approximate surface area is 106 Å². The van der Waals surface area contributed by atoms with Crippen molar-refractivity contribution in [2.24, 2.45) is 0 Å². The van der Waals surface area contributed by atoms with Crippen molar-refractivity contribution in [3.63, 3.8) is 0 Å². The standard InChI is InChI=1S/C12H15NO3S/c1-8(14)10(12(15)16-2)13-11(17)9-6-4-3-5-7-9/h3-8,10,14H,1-2H3,(H,13,17)/t8-,10+/m1/s1. The second kappa shape index (κ2) is 6.32. The van der Waals surface area contributed by atoms with E-state index < -0.39 is 18.1 Å². The molecule has 0 bridgehead atoms. The van der Waals surface area contributed by atoms with Crippen molar-refractivity contribution in [1.82, 2.24) is 5.32 Å². The van der Waals surface area contributed by atoms with E-state index in [1.165, 1.54) is 14.0 Å². The van der Waals surface area contributed by atoms with Crippen molar-refractivity contribution in [2.45, 2.75) is 19.1 Å². The summed E-state index contributed by atoms with van der Waals surface area (Å²) in [5.41, 5.74) is 0.789. The molecule has 0 aliphatic rings. The topological polar surface area (TPSA) is 58.6 Å². The molecule has 92 valence electrons. The van der Waals surface area contributed by atoms with Crippen LogP contribution in [0.2, 0.25) is 0 Å². The molecule has 0 aromatic heterocycles. The lowest BCUT2D eigenvalue weighted by atomic mass is 10.1. The average Bonchev–Trinajstić information content (AvgIpc) is 2.35. The molecule has 0 saturated carbocycles. The highest BCUT2D eigenvalue weighted by Crippen LogP contribution is 2.03. The van der Waals surface area contributed by atoms with Crippen LogP contribution >= 0.6 is 12.2 Å². The number of benzene rings is 1. The molecule has 0 radical (unpaired) electrons. The van der Waals surface area contributed by atoms with Gasteiger partial charge in [-0.2, -0.15) is 0 Å². The highest BCUT2D eigenvalue weighted by atomic mass is 32.1. The molecular weight excluding hydrogens is 238 g/mol. The van der Waals surface area contributed by atoms with E-state index in [1.807, 2.05) is 30.3 Å². The quantitative estimate of drug-likeness (QED) is 0.616. The van der Waals surface area contributed by atoms with Crippen LogP contribution in [0.25, 0.3) is 0 Å². The molecule has 4 nitrogen and oxygen atoms in total. The minimum Gasteiger partial charge on any atom is -0.467 e.